The summed E-state index contributed by atoms with van der Waals surface area (Å²) >= 11 is 5.90. The second-order valence-electron chi connectivity index (χ2n) is 8.20. The van der Waals surface area contributed by atoms with Crippen LogP contribution >= 0.6 is 11.6 Å². The molecule has 0 aliphatic heterocycles. The first-order chi connectivity index (χ1) is 11.0. The van der Waals surface area contributed by atoms with Crippen molar-refractivity contribution >= 4 is 23.5 Å². The molecule has 1 N–H and O–H groups in total. The van der Waals surface area contributed by atoms with Crippen LogP contribution < -0.4 is 0 Å². The van der Waals surface area contributed by atoms with Crippen molar-refractivity contribution in [1.82, 2.24) is 0 Å². The van der Waals surface area contributed by atoms with Gasteiger partial charge in [0.2, 0.25) is 0 Å². The number of phenols is 1. The second kappa shape index (κ2) is 6.60. The Balaban J connectivity index is 2.54. The van der Waals surface area contributed by atoms with Crippen LogP contribution in [0.1, 0.15) is 58.2 Å². The predicted octanol–water partition coefficient (Wildman–Crippen LogP) is 6.39. The molecule has 2 aromatic carbocycles. The first kappa shape index (κ1) is 18.5. The quantitative estimate of drug-likeness (QED) is 0.629. The Kier molecular flexibility index (Phi) is 5.10. The van der Waals surface area contributed by atoms with E-state index in [1.807, 2.05) is 18.2 Å². The lowest BCUT2D eigenvalue weighted by Crippen LogP contribution is -2.17. The van der Waals surface area contributed by atoms with Gasteiger partial charge >= 0.3 is 0 Å². The monoisotopic (exact) mass is 343 g/mol. The highest BCUT2D eigenvalue weighted by atomic mass is 35.5. The summed E-state index contributed by atoms with van der Waals surface area (Å²) in [5.74, 6) is 0.299. The van der Waals surface area contributed by atoms with E-state index in [-0.39, 0.29) is 10.8 Å². The summed E-state index contributed by atoms with van der Waals surface area (Å²) in [5, 5.41) is 11.4. The highest BCUT2D eigenvalue weighted by Gasteiger charge is 2.24. The van der Waals surface area contributed by atoms with Crippen LogP contribution in [0.15, 0.2) is 41.4 Å². The van der Waals surface area contributed by atoms with E-state index < -0.39 is 0 Å². The third kappa shape index (κ3) is 4.39. The number of halogens is 1. The minimum atomic E-state index is -0.145. The fourth-order valence-corrected chi connectivity index (χ4v) is 2.56. The Morgan fingerprint density at radius 1 is 0.917 bits per heavy atom. The van der Waals surface area contributed by atoms with Crippen LogP contribution in [0, 0.1) is 0 Å². The summed E-state index contributed by atoms with van der Waals surface area (Å²) in [6.07, 6.45) is 1.73. The molecule has 0 saturated carbocycles. The normalized spacial score (nSPS) is 12.8. The molecule has 0 bridgehead atoms. The molecule has 0 spiro atoms. The van der Waals surface area contributed by atoms with Crippen LogP contribution in [-0.2, 0) is 10.8 Å². The van der Waals surface area contributed by atoms with E-state index in [2.05, 4.69) is 52.6 Å². The molecule has 0 heterocycles. The molecule has 2 aromatic rings. The Labute approximate surface area is 150 Å². The van der Waals surface area contributed by atoms with E-state index >= 15 is 0 Å². The second-order valence-corrected chi connectivity index (χ2v) is 8.63. The van der Waals surface area contributed by atoms with E-state index in [0.29, 0.717) is 10.8 Å². The summed E-state index contributed by atoms with van der Waals surface area (Å²) in [7, 11) is 0. The zero-order valence-corrected chi connectivity index (χ0v) is 16.1. The van der Waals surface area contributed by atoms with Gasteiger partial charge in [0.05, 0.1) is 5.69 Å². The van der Waals surface area contributed by atoms with Crippen molar-refractivity contribution in [1.29, 1.82) is 0 Å². The number of hydrogen-bond acceptors (Lipinski definition) is 2. The Hall–Kier alpha value is -1.80. The van der Waals surface area contributed by atoms with Crippen molar-refractivity contribution in [2.75, 3.05) is 0 Å². The minimum Gasteiger partial charge on any atom is -0.507 e. The molecule has 0 amide bonds. The number of phenolic OH excluding ortho intramolecular Hbond substituents is 1. The standard InChI is InChI=1S/C21H26ClNO/c1-20(2,3)15-11-14(19(24)18(12-15)21(4,5)6)13-23-17-9-7-16(22)8-10-17/h7-13,24H,1-6H3/b23-13+. The van der Waals surface area contributed by atoms with Crippen LogP contribution in [0.5, 0.6) is 5.75 Å². The first-order valence-electron chi connectivity index (χ1n) is 8.16. The molecule has 128 valence electrons. The fraction of sp³-hybridized carbons (Fsp3) is 0.381. The number of aromatic hydroxyl groups is 1. The molecule has 0 fully saturated rings. The first-order valence-corrected chi connectivity index (χ1v) is 8.54. The lowest BCUT2D eigenvalue weighted by molar-refractivity contribution is 0.444. The number of aliphatic imine (C=N–C) groups is 1. The average molecular weight is 344 g/mol. The lowest BCUT2D eigenvalue weighted by atomic mass is 9.79. The largest absolute Gasteiger partial charge is 0.507 e. The van der Waals surface area contributed by atoms with Gasteiger partial charge in [0, 0.05) is 22.4 Å². The van der Waals surface area contributed by atoms with Crippen LogP contribution in [0.25, 0.3) is 0 Å². The van der Waals surface area contributed by atoms with Crippen LogP contribution in [-0.4, -0.2) is 11.3 Å². The van der Waals surface area contributed by atoms with Gasteiger partial charge in [0.1, 0.15) is 5.75 Å². The molecule has 3 heteroatoms. The summed E-state index contributed by atoms with van der Waals surface area (Å²) in [6, 6.07) is 11.4. The van der Waals surface area contributed by atoms with Gasteiger partial charge in [-0.1, -0.05) is 59.2 Å². The third-order valence-corrected chi connectivity index (χ3v) is 4.24. The zero-order valence-electron chi connectivity index (χ0n) is 15.3. The maximum absolute atomic E-state index is 10.7. The van der Waals surface area contributed by atoms with Gasteiger partial charge in [-0.3, -0.25) is 4.99 Å². The number of benzene rings is 2. The van der Waals surface area contributed by atoms with Crippen LogP contribution in [0.4, 0.5) is 5.69 Å². The maximum Gasteiger partial charge on any atom is 0.128 e. The molecule has 2 rings (SSSR count). The molecular formula is C21H26ClNO. The molecular weight excluding hydrogens is 318 g/mol. The number of hydrogen-bond donors (Lipinski definition) is 1. The van der Waals surface area contributed by atoms with E-state index in [1.165, 1.54) is 5.56 Å². The smallest absolute Gasteiger partial charge is 0.128 e. The van der Waals surface area contributed by atoms with Crippen molar-refractivity contribution in [3.8, 4) is 5.75 Å². The van der Waals surface area contributed by atoms with E-state index in [4.69, 9.17) is 11.6 Å². The van der Waals surface area contributed by atoms with E-state index in [1.54, 1.807) is 18.3 Å². The van der Waals surface area contributed by atoms with Crippen molar-refractivity contribution in [2.24, 2.45) is 4.99 Å². The molecule has 0 aromatic heterocycles. The van der Waals surface area contributed by atoms with Crippen molar-refractivity contribution < 1.29 is 5.11 Å². The maximum atomic E-state index is 10.7. The van der Waals surface area contributed by atoms with Gasteiger partial charge in [-0.2, -0.15) is 0 Å². The highest BCUT2D eigenvalue weighted by Crippen LogP contribution is 2.37. The van der Waals surface area contributed by atoms with Gasteiger partial charge in [0.15, 0.2) is 0 Å². The Morgan fingerprint density at radius 2 is 1.50 bits per heavy atom. The third-order valence-electron chi connectivity index (χ3n) is 3.99. The number of rotatable bonds is 2. The summed E-state index contributed by atoms with van der Waals surface area (Å²) in [6.45, 7) is 12.8. The summed E-state index contributed by atoms with van der Waals surface area (Å²) in [4.78, 5) is 4.48. The Morgan fingerprint density at radius 3 is 2.00 bits per heavy atom. The topological polar surface area (TPSA) is 32.6 Å². The van der Waals surface area contributed by atoms with Gasteiger partial charge in [-0.15, -0.1) is 0 Å². The Bertz CT molecular complexity index is 747. The fourth-order valence-electron chi connectivity index (χ4n) is 2.43. The average Bonchev–Trinajstić information content (AvgIpc) is 2.45. The lowest BCUT2D eigenvalue weighted by Gasteiger charge is -2.26. The van der Waals surface area contributed by atoms with Crippen LogP contribution in [0.2, 0.25) is 5.02 Å². The molecule has 0 atom stereocenters. The minimum absolute atomic E-state index is 0.00341. The van der Waals surface area contributed by atoms with Crippen molar-refractivity contribution in [3.05, 3.63) is 58.1 Å². The summed E-state index contributed by atoms with van der Waals surface area (Å²) < 4.78 is 0. The van der Waals surface area contributed by atoms with Gasteiger partial charge in [-0.05, 0) is 46.7 Å². The molecule has 0 aliphatic carbocycles. The molecule has 0 saturated heterocycles. The zero-order chi connectivity index (χ0) is 18.1. The van der Waals surface area contributed by atoms with Gasteiger partial charge in [-0.25, -0.2) is 0 Å². The van der Waals surface area contributed by atoms with E-state index in [9.17, 15) is 5.11 Å². The van der Waals surface area contributed by atoms with Crippen molar-refractivity contribution in [2.45, 2.75) is 52.4 Å². The van der Waals surface area contributed by atoms with Gasteiger partial charge < -0.3 is 5.11 Å². The predicted molar refractivity (Wildman–Crippen MR) is 104 cm³/mol. The van der Waals surface area contributed by atoms with Gasteiger partial charge in [0.25, 0.3) is 0 Å². The molecule has 24 heavy (non-hydrogen) atoms. The van der Waals surface area contributed by atoms with Crippen LogP contribution in [0.3, 0.4) is 0 Å². The summed E-state index contributed by atoms with van der Waals surface area (Å²) in [5.41, 5.74) is 3.51. The SMILES string of the molecule is CC(C)(C)c1cc(/C=N/c2ccc(Cl)cc2)c(O)c(C(C)(C)C)c1. The van der Waals surface area contributed by atoms with E-state index in [0.717, 1.165) is 16.8 Å². The highest BCUT2D eigenvalue weighted by molar-refractivity contribution is 6.30. The number of nitrogens with zero attached hydrogens (tertiary/aromatic N) is 1. The molecule has 2 nitrogen and oxygen atoms in total. The van der Waals surface area contributed by atoms with Crippen molar-refractivity contribution in [3.63, 3.8) is 0 Å². The molecule has 0 unspecified atom stereocenters. The molecule has 0 radical (unpaired) electrons. The molecule has 0 aliphatic rings.